The Balaban J connectivity index is 1.46. The highest BCUT2D eigenvalue weighted by atomic mass is 32.2. The van der Waals surface area contributed by atoms with Crippen LogP contribution in [0.4, 0.5) is 0 Å². The highest BCUT2D eigenvalue weighted by Gasteiger charge is 2.23. The van der Waals surface area contributed by atoms with Crippen molar-refractivity contribution in [2.75, 3.05) is 33.0 Å². The number of nitrogens with zero attached hydrogens (tertiary/aromatic N) is 4. The summed E-state index contributed by atoms with van der Waals surface area (Å²) < 4.78 is 2.37. The Labute approximate surface area is 183 Å². The van der Waals surface area contributed by atoms with Crippen molar-refractivity contribution in [3.8, 4) is 0 Å². The van der Waals surface area contributed by atoms with Crippen LogP contribution in [0.3, 0.4) is 0 Å². The number of aliphatic imine (C=N–C) groups is 1. The minimum absolute atomic E-state index is 0.0414. The Kier molecular flexibility index (Phi) is 9.01. The summed E-state index contributed by atoms with van der Waals surface area (Å²) in [6.45, 7) is 1.54. The molecule has 1 atom stereocenters. The first-order valence-electron chi connectivity index (χ1n) is 10.8. The fourth-order valence-electron chi connectivity index (χ4n) is 4.05. The van der Waals surface area contributed by atoms with E-state index >= 15 is 0 Å². The van der Waals surface area contributed by atoms with Gasteiger partial charge in [0, 0.05) is 38.5 Å². The molecule has 0 spiro atoms. The van der Waals surface area contributed by atoms with E-state index in [4.69, 9.17) is 0 Å². The SMILES string of the molecule is CN=C(NCCCc1nnc(SC)n1C1CCCC1)NCC(CO)c1ccccc1. The maximum Gasteiger partial charge on any atom is 0.191 e. The van der Waals surface area contributed by atoms with Crippen molar-refractivity contribution in [2.45, 2.75) is 55.6 Å². The number of hydrogen-bond acceptors (Lipinski definition) is 5. The maximum atomic E-state index is 9.73. The molecule has 1 heterocycles. The lowest BCUT2D eigenvalue weighted by atomic mass is 10.0. The predicted molar refractivity (Wildman–Crippen MR) is 123 cm³/mol. The van der Waals surface area contributed by atoms with Crippen molar-refractivity contribution in [2.24, 2.45) is 4.99 Å². The third-order valence-corrected chi connectivity index (χ3v) is 6.35. The summed E-state index contributed by atoms with van der Waals surface area (Å²) in [7, 11) is 1.77. The molecule has 1 unspecified atom stereocenters. The average molecular weight is 431 g/mol. The minimum atomic E-state index is 0.0414. The van der Waals surface area contributed by atoms with Crippen molar-refractivity contribution >= 4 is 17.7 Å². The van der Waals surface area contributed by atoms with Gasteiger partial charge in [-0.15, -0.1) is 10.2 Å². The molecule has 0 aliphatic heterocycles. The highest BCUT2D eigenvalue weighted by Crippen LogP contribution is 2.33. The molecule has 30 heavy (non-hydrogen) atoms. The number of aliphatic hydroxyl groups is 1. The van der Waals surface area contributed by atoms with Crippen LogP contribution in [0.15, 0.2) is 40.5 Å². The summed E-state index contributed by atoms with van der Waals surface area (Å²) in [6, 6.07) is 10.6. The van der Waals surface area contributed by atoms with E-state index < -0.39 is 0 Å². The van der Waals surface area contributed by atoms with E-state index in [-0.39, 0.29) is 12.5 Å². The molecule has 0 amide bonds. The number of aromatic nitrogens is 3. The molecule has 1 aliphatic rings. The number of aliphatic hydroxyl groups excluding tert-OH is 1. The minimum Gasteiger partial charge on any atom is -0.396 e. The molecular formula is C22H34N6OS. The fourth-order valence-corrected chi connectivity index (χ4v) is 4.63. The number of guanidine groups is 1. The van der Waals surface area contributed by atoms with Gasteiger partial charge in [0.25, 0.3) is 0 Å². The number of thioether (sulfide) groups is 1. The van der Waals surface area contributed by atoms with Crippen LogP contribution in [0, 0.1) is 0 Å². The van der Waals surface area contributed by atoms with Gasteiger partial charge < -0.3 is 20.3 Å². The van der Waals surface area contributed by atoms with Gasteiger partial charge in [0.1, 0.15) is 5.82 Å². The van der Waals surface area contributed by atoms with Gasteiger partial charge in [-0.3, -0.25) is 4.99 Å². The lowest BCUT2D eigenvalue weighted by Gasteiger charge is -2.18. The second-order valence-electron chi connectivity index (χ2n) is 7.68. The second kappa shape index (κ2) is 12.0. The highest BCUT2D eigenvalue weighted by molar-refractivity contribution is 7.98. The van der Waals surface area contributed by atoms with E-state index in [9.17, 15) is 5.11 Å². The molecule has 0 bridgehead atoms. The van der Waals surface area contributed by atoms with Crippen LogP contribution in [0.5, 0.6) is 0 Å². The maximum absolute atomic E-state index is 9.73. The summed E-state index contributed by atoms with van der Waals surface area (Å²) in [5, 5.41) is 26.3. The Morgan fingerprint density at radius 1 is 1.23 bits per heavy atom. The molecule has 3 rings (SSSR count). The Bertz CT molecular complexity index is 788. The standard InChI is InChI=1S/C22H34N6OS/c1-23-21(25-15-18(16-29)17-9-4-3-5-10-17)24-14-8-13-20-26-27-22(30-2)28(20)19-11-6-7-12-19/h3-5,9-10,18-19,29H,6-8,11-16H2,1-2H3,(H2,23,24,25). The van der Waals surface area contributed by atoms with E-state index in [2.05, 4.69) is 36.6 Å². The number of benzene rings is 1. The topological polar surface area (TPSA) is 87.4 Å². The smallest absolute Gasteiger partial charge is 0.191 e. The zero-order valence-electron chi connectivity index (χ0n) is 18.0. The van der Waals surface area contributed by atoms with Crippen LogP contribution in [0.1, 0.15) is 55.5 Å². The number of aryl methyl sites for hydroxylation is 1. The molecule has 0 radical (unpaired) electrons. The Hall–Kier alpha value is -2.06. The van der Waals surface area contributed by atoms with E-state index in [0.717, 1.165) is 41.9 Å². The third-order valence-electron chi connectivity index (χ3n) is 5.71. The largest absolute Gasteiger partial charge is 0.396 e. The molecule has 0 saturated heterocycles. The van der Waals surface area contributed by atoms with Crippen LogP contribution < -0.4 is 10.6 Å². The van der Waals surface area contributed by atoms with Gasteiger partial charge in [-0.25, -0.2) is 0 Å². The van der Waals surface area contributed by atoms with E-state index in [1.807, 2.05) is 30.3 Å². The lowest BCUT2D eigenvalue weighted by molar-refractivity contribution is 0.265. The van der Waals surface area contributed by atoms with Gasteiger partial charge in [-0.05, 0) is 31.1 Å². The molecule has 1 aromatic carbocycles. The predicted octanol–water partition coefficient (Wildman–Crippen LogP) is 2.99. The second-order valence-corrected chi connectivity index (χ2v) is 8.46. The first-order valence-corrected chi connectivity index (χ1v) is 12.1. The van der Waals surface area contributed by atoms with Crippen LogP contribution in [-0.2, 0) is 6.42 Å². The van der Waals surface area contributed by atoms with Gasteiger partial charge in [0.15, 0.2) is 11.1 Å². The first-order chi connectivity index (χ1) is 14.8. The van der Waals surface area contributed by atoms with Gasteiger partial charge in [0.05, 0.1) is 6.61 Å². The van der Waals surface area contributed by atoms with E-state index in [1.165, 1.54) is 25.7 Å². The monoisotopic (exact) mass is 430 g/mol. The fraction of sp³-hybridized carbons (Fsp3) is 0.591. The molecular weight excluding hydrogens is 396 g/mol. The van der Waals surface area contributed by atoms with E-state index in [0.29, 0.717) is 12.6 Å². The van der Waals surface area contributed by atoms with Crippen LogP contribution in [-0.4, -0.2) is 58.8 Å². The lowest BCUT2D eigenvalue weighted by Crippen LogP contribution is -2.40. The molecule has 1 aromatic heterocycles. The van der Waals surface area contributed by atoms with Crippen molar-refractivity contribution < 1.29 is 5.11 Å². The van der Waals surface area contributed by atoms with Crippen molar-refractivity contribution in [3.05, 3.63) is 41.7 Å². The summed E-state index contributed by atoms with van der Waals surface area (Å²) in [4.78, 5) is 4.31. The van der Waals surface area contributed by atoms with Gasteiger partial charge in [0.2, 0.25) is 0 Å². The van der Waals surface area contributed by atoms with E-state index in [1.54, 1.807) is 18.8 Å². The molecule has 1 aliphatic carbocycles. The molecule has 2 aromatic rings. The molecule has 7 nitrogen and oxygen atoms in total. The Morgan fingerprint density at radius 2 is 2.00 bits per heavy atom. The van der Waals surface area contributed by atoms with Crippen molar-refractivity contribution in [1.82, 2.24) is 25.4 Å². The molecule has 8 heteroatoms. The number of hydrogen-bond donors (Lipinski definition) is 3. The number of rotatable bonds is 10. The molecule has 3 N–H and O–H groups in total. The Morgan fingerprint density at radius 3 is 2.67 bits per heavy atom. The average Bonchev–Trinajstić information content (AvgIpc) is 3.45. The normalized spacial score (nSPS) is 16.0. The summed E-state index contributed by atoms with van der Waals surface area (Å²) >= 11 is 1.68. The third kappa shape index (κ3) is 5.98. The van der Waals surface area contributed by atoms with Crippen molar-refractivity contribution in [1.29, 1.82) is 0 Å². The van der Waals surface area contributed by atoms with Crippen molar-refractivity contribution in [3.63, 3.8) is 0 Å². The quantitative estimate of drug-likeness (QED) is 0.232. The number of nitrogens with one attached hydrogen (secondary N) is 2. The summed E-state index contributed by atoms with van der Waals surface area (Å²) in [6.07, 6.45) is 9.02. The van der Waals surface area contributed by atoms with Crippen LogP contribution in [0.2, 0.25) is 0 Å². The first kappa shape index (κ1) is 22.6. The van der Waals surface area contributed by atoms with Gasteiger partial charge >= 0.3 is 0 Å². The van der Waals surface area contributed by atoms with Gasteiger partial charge in [-0.1, -0.05) is 54.9 Å². The summed E-state index contributed by atoms with van der Waals surface area (Å²) in [5.74, 6) is 1.89. The zero-order chi connectivity index (χ0) is 21.2. The zero-order valence-corrected chi connectivity index (χ0v) is 18.9. The summed E-state index contributed by atoms with van der Waals surface area (Å²) in [5.41, 5.74) is 1.12. The van der Waals surface area contributed by atoms with Gasteiger partial charge in [-0.2, -0.15) is 0 Å². The molecule has 1 saturated carbocycles. The molecule has 1 fully saturated rings. The van der Waals surface area contributed by atoms with Crippen LogP contribution >= 0.6 is 11.8 Å². The molecule has 164 valence electrons. The van der Waals surface area contributed by atoms with Crippen LogP contribution in [0.25, 0.3) is 0 Å².